The van der Waals surface area contributed by atoms with Crippen molar-refractivity contribution in [2.45, 2.75) is 337 Å². The highest BCUT2D eigenvalue weighted by Gasteiger charge is 2.56. The number of carbonyl (C=O) groups is 2. The van der Waals surface area contributed by atoms with E-state index in [9.17, 15) is 30.0 Å². The lowest BCUT2D eigenvalue weighted by Gasteiger charge is -2.50. The topological polar surface area (TPSA) is 218 Å². The maximum atomic E-state index is 13.7. The third-order valence-corrected chi connectivity index (χ3v) is 19.3. The van der Waals surface area contributed by atoms with Crippen LogP contribution in [0, 0.1) is 17.8 Å². The van der Waals surface area contributed by atoms with E-state index in [1.165, 1.54) is 77.4 Å². The summed E-state index contributed by atoms with van der Waals surface area (Å²) in [5.41, 5.74) is -0.488. The summed E-state index contributed by atoms with van der Waals surface area (Å²) in [6.07, 6.45) is 30.2. The van der Waals surface area contributed by atoms with Gasteiger partial charge >= 0.3 is 11.9 Å². The maximum absolute atomic E-state index is 13.7. The van der Waals surface area contributed by atoms with Gasteiger partial charge in [-0.15, -0.1) is 0 Å². The Balaban J connectivity index is 0.922. The van der Waals surface area contributed by atoms with Crippen LogP contribution in [0.15, 0.2) is 48.3 Å². The number of fused-ring (bicyclic) bond motifs is 1. The molecule has 0 radical (unpaired) electrons. The molecule has 3 spiro atoms. The molecule has 0 aromatic rings. The summed E-state index contributed by atoms with van der Waals surface area (Å²) in [5, 5.41) is 53.7. The van der Waals surface area contributed by atoms with Gasteiger partial charge in [-0.3, -0.25) is 4.79 Å². The Labute approximate surface area is 504 Å². The van der Waals surface area contributed by atoms with E-state index < -0.39 is 77.8 Å². The van der Waals surface area contributed by atoms with E-state index in [-0.39, 0.29) is 49.1 Å². The van der Waals surface area contributed by atoms with Crippen LogP contribution in [0.2, 0.25) is 0 Å². The van der Waals surface area contributed by atoms with Crippen molar-refractivity contribution in [2.24, 2.45) is 17.8 Å². The Hall–Kier alpha value is -2.58. The van der Waals surface area contributed by atoms with Crippen molar-refractivity contribution >= 4 is 11.9 Å². The van der Waals surface area contributed by atoms with Crippen molar-refractivity contribution in [3.8, 4) is 0 Å². The molecule has 480 valence electrons. The molecule has 6 saturated heterocycles. The fourth-order valence-corrected chi connectivity index (χ4v) is 14.2. The summed E-state index contributed by atoms with van der Waals surface area (Å²) in [7, 11) is 0. The van der Waals surface area contributed by atoms with Gasteiger partial charge in [0, 0.05) is 44.4 Å². The smallest absolute Gasteiger partial charge is 0.342 e. The molecule has 18 atom stereocenters. The highest BCUT2D eigenvalue weighted by molar-refractivity contribution is 5.79. The summed E-state index contributed by atoms with van der Waals surface area (Å²) in [6, 6.07) is 0. The highest BCUT2D eigenvalue weighted by Crippen LogP contribution is 2.48. The Morgan fingerprint density at radius 3 is 2.25 bits per heavy atom. The van der Waals surface area contributed by atoms with E-state index in [2.05, 4.69) is 46.4 Å². The number of allylic oxidation sites excluding steroid dienone is 1. The second-order valence-corrected chi connectivity index (χ2v) is 26.9. The van der Waals surface area contributed by atoms with Crippen molar-refractivity contribution in [1.29, 1.82) is 0 Å². The molecular formula is C68H112O16. The Bertz CT molecular complexity index is 2100. The van der Waals surface area contributed by atoms with Crippen LogP contribution < -0.4 is 0 Å². The quantitative estimate of drug-likeness (QED) is 0.0183. The zero-order chi connectivity index (χ0) is 60.3. The first-order valence-electron chi connectivity index (χ1n) is 33.5. The number of aliphatic hydroxyl groups excluding tert-OH is 4. The van der Waals surface area contributed by atoms with Gasteiger partial charge in [-0.2, -0.15) is 0 Å². The number of ether oxygens (including phenoxy) is 9. The van der Waals surface area contributed by atoms with Crippen LogP contribution in [0.1, 0.15) is 247 Å². The lowest BCUT2D eigenvalue weighted by molar-refractivity contribution is -0.322. The zero-order valence-corrected chi connectivity index (χ0v) is 52.4. The molecule has 6 fully saturated rings. The van der Waals surface area contributed by atoms with Gasteiger partial charge in [0.2, 0.25) is 5.79 Å². The molecule has 7 heterocycles. The van der Waals surface area contributed by atoms with E-state index in [0.29, 0.717) is 88.5 Å². The van der Waals surface area contributed by atoms with Crippen LogP contribution in [0.25, 0.3) is 0 Å². The number of hydrogen-bond donors (Lipinski definition) is 5. The molecule has 18 unspecified atom stereocenters. The number of esters is 2. The number of aliphatic hydroxyl groups is 5. The predicted octanol–water partition coefficient (Wildman–Crippen LogP) is 12.1. The summed E-state index contributed by atoms with van der Waals surface area (Å²) in [6.45, 7) is 16.8. The third-order valence-electron chi connectivity index (χ3n) is 19.3. The number of rotatable bonds is 32. The molecule has 0 bridgehead atoms. The lowest BCUT2D eigenvalue weighted by Crippen LogP contribution is -2.60. The summed E-state index contributed by atoms with van der Waals surface area (Å²) in [5.74, 6) is -3.80. The standard InChI is InChI=1S/C68H112O16/c1-8-9-10-11-12-13-14-15-16-17-18-19-23-28-59(72)79-58-32-31-54(45-65(7,75)64(74)76-40-25-21-20-22-27-52(70)46-69)81-68(58)44-47(2)42-57(82-68)48(3)29-30-53-34-38-67(80-53)39-35-56-63(84-67)60(73)51(6)62(78-56)55(71)43-50(5)61-49(4)33-37-66(83-61)36-24-26-41-77-66/h25,29-30,40,44,48-50,52-58,60-63,69-71,73,75H,6,8-24,26-28,31-39,41-43,45-46H2,1-5,7H3. The second kappa shape index (κ2) is 33.3. The van der Waals surface area contributed by atoms with Crippen molar-refractivity contribution in [1.82, 2.24) is 0 Å². The minimum absolute atomic E-state index is 0.0318. The monoisotopic (exact) mass is 1180 g/mol. The van der Waals surface area contributed by atoms with E-state index in [1.54, 1.807) is 6.08 Å². The molecule has 84 heavy (non-hydrogen) atoms. The minimum Gasteiger partial charge on any atom is -0.456 e. The molecule has 16 nitrogen and oxygen atoms in total. The van der Waals surface area contributed by atoms with Gasteiger partial charge in [-0.1, -0.05) is 135 Å². The Morgan fingerprint density at radius 2 is 1.55 bits per heavy atom. The molecule has 16 heteroatoms. The van der Waals surface area contributed by atoms with Crippen LogP contribution in [0.4, 0.5) is 0 Å². The van der Waals surface area contributed by atoms with Crippen LogP contribution in [0.5, 0.6) is 0 Å². The predicted molar refractivity (Wildman–Crippen MR) is 321 cm³/mol. The van der Waals surface area contributed by atoms with Crippen LogP contribution >= 0.6 is 0 Å². The van der Waals surface area contributed by atoms with Gasteiger partial charge in [0.15, 0.2) is 23.3 Å². The van der Waals surface area contributed by atoms with E-state index in [4.69, 9.17) is 47.7 Å². The average molecular weight is 1190 g/mol. The molecule has 0 aliphatic carbocycles. The van der Waals surface area contributed by atoms with Crippen LogP contribution in [-0.4, -0.2) is 141 Å². The van der Waals surface area contributed by atoms with E-state index in [0.717, 1.165) is 70.0 Å². The molecule has 7 rings (SSSR count). The summed E-state index contributed by atoms with van der Waals surface area (Å²) in [4.78, 5) is 27.0. The number of hydrogen-bond acceptors (Lipinski definition) is 16. The highest BCUT2D eigenvalue weighted by atomic mass is 16.7. The van der Waals surface area contributed by atoms with Gasteiger partial charge in [-0.25, -0.2) is 4.79 Å². The van der Waals surface area contributed by atoms with Crippen molar-refractivity contribution in [3.63, 3.8) is 0 Å². The average Bonchev–Trinajstić information content (AvgIpc) is 1.53. The first-order chi connectivity index (χ1) is 40.3. The van der Waals surface area contributed by atoms with Crippen LogP contribution in [0.3, 0.4) is 0 Å². The maximum Gasteiger partial charge on any atom is 0.342 e. The van der Waals surface area contributed by atoms with E-state index >= 15 is 0 Å². The SMILES string of the molecule is C=C1C(O)C2OC3(CCC(C=CC(C)C4CC(C)=CC5(OC(CC(C)(O)C(=O)OC=CCCCCC(O)CO)CCC5OC(=O)CCCCCCCCCCCCCCC)O4)O3)CCC2OC1C(O)CC(C)C1OC2(CCCCO2)CCC1C. The molecule has 5 N–H and O–H groups in total. The van der Waals surface area contributed by atoms with Crippen molar-refractivity contribution < 1.29 is 77.8 Å². The number of unbranched alkanes of at least 4 members (excludes halogenated alkanes) is 14. The molecule has 7 aliphatic rings. The summed E-state index contributed by atoms with van der Waals surface area (Å²) >= 11 is 0. The first-order valence-corrected chi connectivity index (χ1v) is 33.5. The third kappa shape index (κ3) is 19.7. The van der Waals surface area contributed by atoms with Gasteiger partial charge < -0.3 is 68.2 Å². The molecule has 0 aromatic carbocycles. The molecular weight excluding hydrogens is 1070 g/mol. The minimum atomic E-state index is -1.90. The lowest BCUT2D eigenvalue weighted by atomic mass is 9.79. The molecule has 0 amide bonds. The normalized spacial score (nSPS) is 35.0. The fraction of sp³-hybridized carbons (Fsp3) is 0.853. The fourth-order valence-electron chi connectivity index (χ4n) is 14.2. The Morgan fingerprint density at radius 1 is 0.845 bits per heavy atom. The molecule has 0 aromatic heterocycles. The summed E-state index contributed by atoms with van der Waals surface area (Å²) < 4.78 is 58.5. The van der Waals surface area contributed by atoms with Crippen LogP contribution in [-0.2, 0) is 52.2 Å². The number of carbonyl (C=O) groups excluding carboxylic acids is 2. The zero-order valence-electron chi connectivity index (χ0n) is 52.4. The van der Waals surface area contributed by atoms with Crippen molar-refractivity contribution in [2.75, 3.05) is 13.2 Å². The van der Waals surface area contributed by atoms with Crippen molar-refractivity contribution in [3.05, 3.63) is 48.3 Å². The Kier molecular flexibility index (Phi) is 27.3. The van der Waals surface area contributed by atoms with Gasteiger partial charge in [0.25, 0.3) is 0 Å². The molecule has 7 aliphatic heterocycles. The largest absolute Gasteiger partial charge is 0.456 e. The molecule has 0 saturated carbocycles. The first kappa shape index (κ1) is 68.9. The second-order valence-electron chi connectivity index (χ2n) is 26.9. The van der Waals surface area contributed by atoms with E-state index in [1.807, 2.05) is 13.0 Å². The van der Waals surface area contributed by atoms with Gasteiger partial charge in [-0.05, 0) is 127 Å². The van der Waals surface area contributed by atoms with Gasteiger partial charge in [0.1, 0.15) is 18.3 Å². The van der Waals surface area contributed by atoms with Gasteiger partial charge in [0.05, 0.1) is 62.2 Å².